The lowest BCUT2D eigenvalue weighted by molar-refractivity contribution is 0.607. The Morgan fingerprint density at radius 2 is 1.19 bits per heavy atom. The van der Waals surface area contributed by atoms with Gasteiger partial charge in [0.05, 0.1) is 0 Å². The summed E-state index contributed by atoms with van der Waals surface area (Å²) in [5, 5.41) is 0. The molecule has 0 N–H and O–H groups in total. The summed E-state index contributed by atoms with van der Waals surface area (Å²) in [4.78, 5) is 0. The molecule has 1 heteroatoms. The second-order valence-corrected chi connectivity index (χ2v) is 3.62. The molecular weight excluding hydrogens is 199 g/mol. The summed E-state index contributed by atoms with van der Waals surface area (Å²) < 4.78 is 13.2. The molecule has 0 atom stereocenters. The normalized spacial score (nSPS) is 8.88. The summed E-state index contributed by atoms with van der Waals surface area (Å²) in [5.74, 6) is 0.405. The van der Waals surface area contributed by atoms with Crippen LogP contribution in [-0.2, 0) is 0 Å². The number of rotatable bonds is 1. The molecule has 0 amide bonds. The topological polar surface area (TPSA) is 0 Å². The van der Waals surface area contributed by atoms with Gasteiger partial charge in [0.15, 0.2) is 0 Å². The second-order valence-electron chi connectivity index (χ2n) is 3.62. The van der Waals surface area contributed by atoms with E-state index in [1.165, 1.54) is 5.56 Å². The van der Waals surface area contributed by atoms with Crippen LogP contribution in [0.15, 0.2) is 12.1 Å². The van der Waals surface area contributed by atoms with Crippen LogP contribution in [0.3, 0.4) is 0 Å². The standard InChI is InChI=1S/C11H15F.2C2H6/c1-7(2)10-5-8(3)11(12)9(4)6-10;2*1-2/h5-7H,1-4H3;2*1-2H3. The monoisotopic (exact) mass is 226 g/mol. The molecule has 0 nitrogen and oxygen atoms in total. The number of hydrogen-bond donors (Lipinski definition) is 0. The molecule has 0 fully saturated rings. The molecule has 0 aliphatic carbocycles. The van der Waals surface area contributed by atoms with Gasteiger partial charge < -0.3 is 0 Å². The summed E-state index contributed by atoms with van der Waals surface area (Å²) in [6.07, 6.45) is 0. The quantitative estimate of drug-likeness (QED) is 0.583. The molecule has 0 heterocycles. The van der Waals surface area contributed by atoms with Gasteiger partial charge >= 0.3 is 0 Å². The van der Waals surface area contributed by atoms with Crippen LogP contribution >= 0.6 is 0 Å². The highest BCUT2D eigenvalue weighted by Crippen LogP contribution is 2.20. The zero-order valence-electron chi connectivity index (χ0n) is 12.1. The molecular formula is C15H27F. The Hall–Kier alpha value is -0.850. The van der Waals surface area contributed by atoms with Gasteiger partial charge in [-0.25, -0.2) is 4.39 Å². The smallest absolute Gasteiger partial charge is 0.129 e. The molecule has 0 bridgehead atoms. The molecule has 1 aromatic rings. The van der Waals surface area contributed by atoms with Crippen molar-refractivity contribution in [2.75, 3.05) is 0 Å². The van der Waals surface area contributed by atoms with Crippen LogP contribution in [0, 0.1) is 19.7 Å². The number of hydrogen-bond acceptors (Lipinski definition) is 0. The Labute approximate surface area is 101 Å². The van der Waals surface area contributed by atoms with E-state index in [2.05, 4.69) is 13.8 Å². The molecule has 0 saturated carbocycles. The maximum absolute atomic E-state index is 13.2. The molecule has 0 aromatic heterocycles. The van der Waals surface area contributed by atoms with Crippen molar-refractivity contribution in [1.82, 2.24) is 0 Å². The maximum Gasteiger partial charge on any atom is 0.129 e. The van der Waals surface area contributed by atoms with E-state index in [0.29, 0.717) is 5.92 Å². The van der Waals surface area contributed by atoms with Crippen LogP contribution in [0.1, 0.15) is 64.2 Å². The Morgan fingerprint density at radius 3 is 1.44 bits per heavy atom. The lowest BCUT2D eigenvalue weighted by atomic mass is 9.98. The maximum atomic E-state index is 13.2. The van der Waals surface area contributed by atoms with Crippen LogP contribution in [0.4, 0.5) is 4.39 Å². The minimum Gasteiger partial charge on any atom is -0.206 e. The predicted molar refractivity (Wildman–Crippen MR) is 72.7 cm³/mol. The van der Waals surface area contributed by atoms with Crippen molar-refractivity contribution in [2.45, 2.75) is 61.3 Å². The van der Waals surface area contributed by atoms with Crippen molar-refractivity contribution in [1.29, 1.82) is 0 Å². The fraction of sp³-hybridized carbons (Fsp3) is 0.600. The largest absolute Gasteiger partial charge is 0.206 e. The zero-order valence-corrected chi connectivity index (χ0v) is 12.1. The average Bonchev–Trinajstić information content (AvgIpc) is 2.30. The van der Waals surface area contributed by atoms with E-state index in [4.69, 9.17) is 0 Å². The number of halogens is 1. The lowest BCUT2D eigenvalue weighted by Crippen LogP contribution is -1.94. The van der Waals surface area contributed by atoms with Gasteiger partial charge in [-0.05, 0) is 36.5 Å². The molecule has 0 saturated heterocycles. The highest BCUT2D eigenvalue weighted by molar-refractivity contribution is 5.31. The van der Waals surface area contributed by atoms with Crippen molar-refractivity contribution < 1.29 is 4.39 Å². The van der Waals surface area contributed by atoms with Gasteiger partial charge in [0.1, 0.15) is 5.82 Å². The third-order valence-corrected chi connectivity index (χ3v) is 2.13. The average molecular weight is 226 g/mol. The molecule has 1 rings (SSSR count). The Morgan fingerprint density at radius 1 is 0.875 bits per heavy atom. The molecule has 0 radical (unpaired) electrons. The van der Waals surface area contributed by atoms with Crippen molar-refractivity contribution in [2.24, 2.45) is 0 Å². The van der Waals surface area contributed by atoms with Crippen LogP contribution in [0.25, 0.3) is 0 Å². The first-order valence-electron chi connectivity index (χ1n) is 6.29. The Bertz CT molecular complexity index is 264. The molecule has 0 aliphatic heterocycles. The van der Waals surface area contributed by atoms with Gasteiger partial charge in [0.2, 0.25) is 0 Å². The fourth-order valence-electron chi connectivity index (χ4n) is 1.31. The van der Waals surface area contributed by atoms with Crippen LogP contribution in [0.2, 0.25) is 0 Å². The molecule has 0 unspecified atom stereocenters. The minimum atomic E-state index is -0.0700. The summed E-state index contributed by atoms with van der Waals surface area (Å²) >= 11 is 0. The van der Waals surface area contributed by atoms with E-state index in [-0.39, 0.29) is 5.82 Å². The SMILES string of the molecule is CC.CC.Cc1cc(C(C)C)cc(C)c1F. The van der Waals surface area contributed by atoms with Gasteiger partial charge in [-0.1, -0.05) is 53.7 Å². The first-order valence-corrected chi connectivity index (χ1v) is 6.29. The lowest BCUT2D eigenvalue weighted by Gasteiger charge is -2.09. The predicted octanol–water partition coefficient (Wildman–Crippen LogP) is 5.62. The van der Waals surface area contributed by atoms with E-state index in [1.54, 1.807) is 0 Å². The second kappa shape index (κ2) is 9.38. The van der Waals surface area contributed by atoms with Crippen LogP contribution < -0.4 is 0 Å². The van der Waals surface area contributed by atoms with E-state index in [0.717, 1.165) is 11.1 Å². The van der Waals surface area contributed by atoms with Crippen LogP contribution in [0.5, 0.6) is 0 Å². The van der Waals surface area contributed by atoms with Gasteiger partial charge in [-0.2, -0.15) is 0 Å². The fourth-order valence-corrected chi connectivity index (χ4v) is 1.31. The summed E-state index contributed by atoms with van der Waals surface area (Å²) in [7, 11) is 0. The first kappa shape index (κ1) is 17.5. The molecule has 1 aromatic carbocycles. The zero-order chi connectivity index (χ0) is 13.3. The Balaban J connectivity index is 0. The number of aryl methyl sites for hydroxylation is 2. The van der Waals surface area contributed by atoms with Gasteiger partial charge in [0.25, 0.3) is 0 Å². The molecule has 0 spiro atoms. The highest BCUT2D eigenvalue weighted by Gasteiger charge is 2.05. The summed E-state index contributed by atoms with van der Waals surface area (Å²) in [6, 6.07) is 3.85. The molecule has 0 aliphatic rings. The number of benzene rings is 1. The van der Waals surface area contributed by atoms with Crippen molar-refractivity contribution >= 4 is 0 Å². The first-order chi connectivity index (χ1) is 7.52. The van der Waals surface area contributed by atoms with E-state index >= 15 is 0 Å². The van der Waals surface area contributed by atoms with E-state index < -0.39 is 0 Å². The van der Waals surface area contributed by atoms with E-state index in [9.17, 15) is 4.39 Å². The van der Waals surface area contributed by atoms with Crippen molar-refractivity contribution in [3.8, 4) is 0 Å². The van der Waals surface area contributed by atoms with Crippen LogP contribution in [-0.4, -0.2) is 0 Å². The van der Waals surface area contributed by atoms with Crippen molar-refractivity contribution in [3.05, 3.63) is 34.6 Å². The molecule has 94 valence electrons. The third kappa shape index (κ3) is 5.29. The van der Waals surface area contributed by atoms with Gasteiger partial charge in [-0.3, -0.25) is 0 Å². The van der Waals surface area contributed by atoms with Crippen molar-refractivity contribution in [3.63, 3.8) is 0 Å². The third-order valence-electron chi connectivity index (χ3n) is 2.13. The highest BCUT2D eigenvalue weighted by atomic mass is 19.1. The summed E-state index contributed by atoms with van der Waals surface area (Å²) in [5.41, 5.74) is 2.71. The van der Waals surface area contributed by atoms with Gasteiger partial charge in [0, 0.05) is 0 Å². The minimum absolute atomic E-state index is 0.0700. The van der Waals surface area contributed by atoms with Gasteiger partial charge in [-0.15, -0.1) is 0 Å². The molecule has 16 heavy (non-hydrogen) atoms. The summed E-state index contributed by atoms with van der Waals surface area (Å²) in [6.45, 7) is 15.9. The Kier molecular flexibility index (Phi) is 10.3. The van der Waals surface area contributed by atoms with E-state index in [1.807, 2.05) is 53.7 Å².